The van der Waals surface area contributed by atoms with E-state index in [-0.39, 0.29) is 30.8 Å². The minimum absolute atomic E-state index is 0.0646. The van der Waals surface area contributed by atoms with Gasteiger partial charge in [-0.05, 0) is 24.3 Å². The number of carbonyl (C=O) groups is 2. The first-order chi connectivity index (χ1) is 12.5. The smallest absolute Gasteiger partial charge is 0.387 e. The maximum Gasteiger partial charge on any atom is 0.387 e. The van der Waals surface area contributed by atoms with Crippen molar-refractivity contribution in [3.8, 4) is 5.75 Å². The van der Waals surface area contributed by atoms with Crippen molar-refractivity contribution in [2.24, 2.45) is 5.73 Å². The van der Waals surface area contributed by atoms with Crippen LogP contribution in [0.2, 0.25) is 0 Å². The van der Waals surface area contributed by atoms with Crippen molar-refractivity contribution >= 4 is 11.8 Å². The van der Waals surface area contributed by atoms with Gasteiger partial charge in [-0.2, -0.15) is 8.78 Å². The topological polar surface area (TPSA) is 98.0 Å². The van der Waals surface area contributed by atoms with E-state index in [4.69, 9.17) is 5.73 Å². The van der Waals surface area contributed by atoms with Gasteiger partial charge in [-0.25, -0.2) is 0 Å². The molecule has 0 aliphatic heterocycles. The number of alkyl halides is 2. The minimum Gasteiger partial charge on any atom is -0.435 e. The number of halogens is 2. The number of carbonyl (C=O) groups excluding carboxylic acids is 2. The number of ether oxygens (including phenoxy) is 1. The molecule has 8 heteroatoms. The summed E-state index contributed by atoms with van der Waals surface area (Å²) in [4.78, 5) is 22.6. The molecule has 138 valence electrons. The third kappa shape index (κ3) is 6.14. The van der Waals surface area contributed by atoms with Crippen molar-refractivity contribution in [3.05, 3.63) is 65.7 Å². The van der Waals surface area contributed by atoms with Gasteiger partial charge in [-0.1, -0.05) is 30.3 Å². The predicted octanol–water partition coefficient (Wildman–Crippen LogP) is 0.542. The number of primary amides is 1. The fourth-order valence-corrected chi connectivity index (χ4v) is 2.46. The Morgan fingerprint density at radius 3 is 2.23 bits per heavy atom. The third-order valence-electron chi connectivity index (χ3n) is 3.62. The molecule has 2 amide bonds. The molecule has 2 rings (SSSR count). The molecule has 0 aliphatic rings. The van der Waals surface area contributed by atoms with Crippen LogP contribution in [0.1, 0.15) is 17.2 Å². The normalized spacial score (nSPS) is 11.8. The van der Waals surface area contributed by atoms with E-state index in [0.29, 0.717) is 0 Å². The lowest BCUT2D eigenvalue weighted by Crippen LogP contribution is -2.87. The first-order valence-electron chi connectivity index (χ1n) is 7.93. The number of amides is 2. The molecule has 6 nitrogen and oxygen atoms in total. The Hall–Kier alpha value is -3.00. The summed E-state index contributed by atoms with van der Waals surface area (Å²) < 4.78 is 28.9. The lowest BCUT2D eigenvalue weighted by molar-refractivity contribution is -0.676. The van der Waals surface area contributed by atoms with Crippen molar-refractivity contribution in [1.82, 2.24) is 5.32 Å². The zero-order valence-corrected chi connectivity index (χ0v) is 13.9. The summed E-state index contributed by atoms with van der Waals surface area (Å²) in [7, 11) is 0. The Morgan fingerprint density at radius 2 is 1.65 bits per heavy atom. The number of nitrogens with one attached hydrogen (secondary N) is 1. The molecule has 1 atom stereocenters. The molecule has 26 heavy (non-hydrogen) atoms. The van der Waals surface area contributed by atoms with Crippen LogP contribution in [0.25, 0.3) is 0 Å². The molecule has 0 saturated carbocycles. The van der Waals surface area contributed by atoms with Gasteiger partial charge in [0, 0.05) is 11.1 Å². The lowest BCUT2D eigenvalue weighted by atomic mass is 9.98. The largest absolute Gasteiger partial charge is 0.435 e. The van der Waals surface area contributed by atoms with E-state index >= 15 is 0 Å². The van der Waals surface area contributed by atoms with Crippen LogP contribution in [0.3, 0.4) is 0 Å². The van der Waals surface area contributed by atoms with E-state index in [9.17, 15) is 18.4 Å². The van der Waals surface area contributed by atoms with Gasteiger partial charge in [0.2, 0.25) is 5.91 Å². The van der Waals surface area contributed by atoms with Gasteiger partial charge in [0.15, 0.2) is 6.54 Å². The molecular formula is C18H20F2N3O3+. The summed E-state index contributed by atoms with van der Waals surface area (Å²) in [6, 6.07) is 15.5. The molecule has 0 aromatic heterocycles. The summed E-state index contributed by atoms with van der Waals surface area (Å²) in [5.41, 5.74) is 6.76. The van der Waals surface area contributed by atoms with E-state index in [1.807, 2.05) is 30.3 Å². The molecule has 0 bridgehead atoms. The first-order valence-corrected chi connectivity index (χ1v) is 7.93. The van der Waals surface area contributed by atoms with E-state index < -0.39 is 12.5 Å². The Bertz CT molecular complexity index is 724. The highest BCUT2D eigenvalue weighted by atomic mass is 19.3. The number of benzene rings is 2. The van der Waals surface area contributed by atoms with Crippen LogP contribution in [-0.2, 0) is 9.59 Å². The number of rotatable bonds is 9. The van der Waals surface area contributed by atoms with Gasteiger partial charge in [0.25, 0.3) is 5.91 Å². The molecule has 0 radical (unpaired) electrons. The standard InChI is InChI=1S/C18H19F2N3O3/c19-18(20)26-14-8-6-13(7-9-14)17(12-4-2-1-3-5-12)23-11-16(25)22-10-15(21)24/h1-9,17-18,23H,10-11H2,(H2,21,24)(H,22,25)/p+1/t17-/m1/s1. The van der Waals surface area contributed by atoms with Gasteiger partial charge in [-0.3, -0.25) is 9.59 Å². The Balaban J connectivity index is 2.11. The van der Waals surface area contributed by atoms with Crippen LogP contribution >= 0.6 is 0 Å². The summed E-state index contributed by atoms with van der Waals surface area (Å²) in [5, 5.41) is 4.21. The second-order valence-corrected chi connectivity index (χ2v) is 5.52. The SMILES string of the molecule is NC(=O)CNC(=O)C[NH2+][C@H](c1ccccc1)c1ccc(OC(F)F)cc1. The van der Waals surface area contributed by atoms with Crippen LogP contribution in [-0.4, -0.2) is 31.5 Å². The summed E-state index contributed by atoms with van der Waals surface area (Å²) in [6.07, 6.45) is 0. The maximum absolute atomic E-state index is 12.3. The zero-order valence-electron chi connectivity index (χ0n) is 13.9. The number of quaternary nitrogens is 1. The van der Waals surface area contributed by atoms with E-state index in [0.717, 1.165) is 11.1 Å². The highest BCUT2D eigenvalue weighted by molar-refractivity contribution is 5.84. The second-order valence-electron chi connectivity index (χ2n) is 5.52. The monoisotopic (exact) mass is 364 g/mol. The van der Waals surface area contributed by atoms with Crippen LogP contribution in [0.5, 0.6) is 5.75 Å². The fourth-order valence-electron chi connectivity index (χ4n) is 2.46. The van der Waals surface area contributed by atoms with E-state index in [1.54, 1.807) is 17.4 Å². The van der Waals surface area contributed by atoms with E-state index in [2.05, 4.69) is 10.1 Å². The molecule has 0 unspecified atom stereocenters. The van der Waals surface area contributed by atoms with Crippen molar-refractivity contribution in [2.45, 2.75) is 12.7 Å². The quantitative estimate of drug-likeness (QED) is 0.606. The van der Waals surface area contributed by atoms with E-state index in [1.165, 1.54) is 12.1 Å². The Labute approximate surface area is 149 Å². The van der Waals surface area contributed by atoms with Crippen LogP contribution in [0, 0.1) is 0 Å². The average molecular weight is 364 g/mol. The van der Waals surface area contributed by atoms with Gasteiger partial charge in [-0.15, -0.1) is 0 Å². The van der Waals surface area contributed by atoms with Crippen molar-refractivity contribution in [2.75, 3.05) is 13.1 Å². The number of nitrogens with two attached hydrogens (primary N) is 2. The molecule has 5 N–H and O–H groups in total. The molecule has 2 aromatic carbocycles. The second kappa shape index (κ2) is 9.47. The summed E-state index contributed by atoms with van der Waals surface area (Å²) in [6.45, 7) is -3.03. The fraction of sp³-hybridized carbons (Fsp3) is 0.222. The maximum atomic E-state index is 12.3. The summed E-state index contributed by atoms with van der Waals surface area (Å²) >= 11 is 0. The van der Waals surface area contributed by atoms with Gasteiger partial charge in [0.05, 0.1) is 6.54 Å². The van der Waals surface area contributed by atoms with Gasteiger partial charge < -0.3 is 21.1 Å². The first kappa shape index (κ1) is 19.3. The molecular weight excluding hydrogens is 344 g/mol. The van der Waals surface area contributed by atoms with Crippen LogP contribution in [0.4, 0.5) is 8.78 Å². The molecule has 0 saturated heterocycles. The minimum atomic E-state index is -2.88. The molecule has 2 aromatic rings. The molecule has 0 fully saturated rings. The highest BCUT2D eigenvalue weighted by Gasteiger charge is 2.19. The van der Waals surface area contributed by atoms with Crippen LogP contribution in [0.15, 0.2) is 54.6 Å². The number of hydrogen-bond donors (Lipinski definition) is 3. The summed E-state index contributed by atoms with van der Waals surface area (Å²) in [5.74, 6) is -0.885. The third-order valence-corrected chi connectivity index (χ3v) is 3.62. The van der Waals surface area contributed by atoms with Crippen molar-refractivity contribution in [1.29, 1.82) is 0 Å². The average Bonchev–Trinajstić information content (AvgIpc) is 2.62. The number of hydrogen-bond acceptors (Lipinski definition) is 3. The molecule has 0 aliphatic carbocycles. The Morgan fingerprint density at radius 1 is 1.04 bits per heavy atom. The van der Waals surface area contributed by atoms with Crippen molar-refractivity contribution in [3.63, 3.8) is 0 Å². The van der Waals surface area contributed by atoms with Crippen molar-refractivity contribution < 1.29 is 28.4 Å². The zero-order chi connectivity index (χ0) is 18.9. The highest BCUT2D eigenvalue weighted by Crippen LogP contribution is 2.22. The van der Waals surface area contributed by atoms with Gasteiger partial charge in [0.1, 0.15) is 11.8 Å². The molecule has 0 heterocycles. The molecule has 0 spiro atoms. The van der Waals surface area contributed by atoms with Gasteiger partial charge >= 0.3 is 6.61 Å². The Kier molecular flexibility index (Phi) is 7.04. The lowest BCUT2D eigenvalue weighted by Gasteiger charge is -2.17. The predicted molar refractivity (Wildman–Crippen MR) is 90.4 cm³/mol. The van der Waals surface area contributed by atoms with Crippen LogP contribution < -0.4 is 21.1 Å².